The first kappa shape index (κ1) is 21.3. The van der Waals surface area contributed by atoms with E-state index < -0.39 is 15.6 Å². The van der Waals surface area contributed by atoms with Gasteiger partial charge < -0.3 is 14.8 Å². The summed E-state index contributed by atoms with van der Waals surface area (Å²) in [5.41, 5.74) is -0.0420. The molecular formula is C19H30N2O5S. The molecule has 0 saturated heterocycles. The number of sulfonamides is 1. The summed E-state index contributed by atoms with van der Waals surface area (Å²) in [6.45, 7) is 11.5. The number of benzene rings is 1. The predicted molar refractivity (Wildman–Crippen MR) is 106 cm³/mol. The van der Waals surface area contributed by atoms with Crippen LogP contribution in [0.1, 0.15) is 48.0 Å². The molecule has 0 unspecified atom stereocenters. The van der Waals surface area contributed by atoms with Crippen molar-refractivity contribution >= 4 is 21.6 Å². The molecule has 1 aliphatic rings. The third-order valence-corrected chi connectivity index (χ3v) is 5.82. The van der Waals surface area contributed by atoms with Crippen molar-refractivity contribution in [2.45, 2.75) is 53.5 Å². The van der Waals surface area contributed by atoms with E-state index in [1.54, 1.807) is 25.1 Å². The van der Waals surface area contributed by atoms with Gasteiger partial charge in [-0.25, -0.2) is 8.42 Å². The molecule has 0 radical (unpaired) electrons. The van der Waals surface area contributed by atoms with Crippen LogP contribution in [0, 0.1) is 5.41 Å². The maximum atomic E-state index is 12.7. The molecule has 0 fully saturated rings. The fourth-order valence-electron chi connectivity index (χ4n) is 3.46. The number of nitrogens with zero attached hydrogens (tertiary/aromatic N) is 1. The molecule has 0 aliphatic carbocycles. The zero-order chi connectivity index (χ0) is 20.5. The van der Waals surface area contributed by atoms with Gasteiger partial charge in [0.15, 0.2) is 11.5 Å². The van der Waals surface area contributed by atoms with E-state index in [1.165, 1.54) is 0 Å². The van der Waals surface area contributed by atoms with Gasteiger partial charge in [0.05, 0.1) is 11.4 Å². The molecule has 2 rings (SSSR count). The van der Waals surface area contributed by atoms with E-state index in [0.29, 0.717) is 17.2 Å². The monoisotopic (exact) mass is 398 g/mol. The molecule has 0 aromatic heterocycles. The van der Waals surface area contributed by atoms with E-state index in [0.717, 1.165) is 10.7 Å². The number of carbonyl (C=O) groups excluding carboxylic acids is 1. The normalized spacial score (nSPS) is 14.1. The van der Waals surface area contributed by atoms with Gasteiger partial charge in [-0.15, -0.1) is 0 Å². The van der Waals surface area contributed by atoms with Gasteiger partial charge in [0.1, 0.15) is 6.54 Å². The van der Waals surface area contributed by atoms with E-state index in [9.17, 15) is 13.2 Å². The molecule has 1 aromatic rings. The molecule has 0 bridgehead atoms. The van der Waals surface area contributed by atoms with Crippen molar-refractivity contribution in [2.75, 3.05) is 23.4 Å². The zero-order valence-corrected chi connectivity index (χ0v) is 17.8. The first-order chi connectivity index (χ1) is 12.3. The quantitative estimate of drug-likeness (QED) is 0.763. The Balaban J connectivity index is 2.22. The Hall–Kier alpha value is -1.96. The Morgan fingerprint density at radius 1 is 1.15 bits per heavy atom. The molecule has 0 saturated carbocycles. The average Bonchev–Trinajstić information content (AvgIpc) is 2.96. The highest BCUT2D eigenvalue weighted by molar-refractivity contribution is 7.92. The van der Waals surface area contributed by atoms with Crippen molar-refractivity contribution in [3.63, 3.8) is 0 Å². The van der Waals surface area contributed by atoms with Gasteiger partial charge in [-0.05, 0) is 44.7 Å². The Labute approximate surface area is 162 Å². The summed E-state index contributed by atoms with van der Waals surface area (Å²) in [7, 11) is -3.64. The second-order valence-corrected chi connectivity index (χ2v) is 10.8. The highest BCUT2D eigenvalue weighted by Gasteiger charge is 2.30. The molecule has 1 heterocycles. The number of hydrogen-bond acceptors (Lipinski definition) is 5. The molecule has 152 valence electrons. The van der Waals surface area contributed by atoms with Gasteiger partial charge in [-0.2, -0.15) is 0 Å². The van der Waals surface area contributed by atoms with Gasteiger partial charge >= 0.3 is 0 Å². The summed E-state index contributed by atoms with van der Waals surface area (Å²) in [6, 6.07) is 4.86. The average molecular weight is 399 g/mol. The number of nitrogens with one attached hydrogen (secondary N) is 1. The first-order valence-corrected chi connectivity index (χ1v) is 10.6. The van der Waals surface area contributed by atoms with Crippen LogP contribution in [0.3, 0.4) is 0 Å². The minimum Gasteiger partial charge on any atom is -0.454 e. The lowest BCUT2D eigenvalue weighted by Crippen LogP contribution is -2.50. The lowest BCUT2D eigenvalue weighted by atomic mass is 9.82. The van der Waals surface area contributed by atoms with Crippen molar-refractivity contribution in [2.24, 2.45) is 5.41 Å². The molecular weight excluding hydrogens is 368 g/mol. The van der Waals surface area contributed by atoms with E-state index in [1.807, 2.05) is 13.8 Å². The van der Waals surface area contributed by atoms with Crippen LogP contribution in [-0.4, -0.2) is 39.0 Å². The predicted octanol–water partition coefficient (Wildman–Crippen LogP) is 2.90. The minimum absolute atomic E-state index is 0.0310. The molecule has 0 atom stereocenters. The number of anilines is 1. The highest BCUT2D eigenvalue weighted by Crippen LogP contribution is 2.36. The summed E-state index contributed by atoms with van der Waals surface area (Å²) in [4.78, 5) is 12.7. The third-order valence-electron chi connectivity index (χ3n) is 4.08. The van der Waals surface area contributed by atoms with Crippen molar-refractivity contribution in [1.29, 1.82) is 0 Å². The largest absolute Gasteiger partial charge is 0.454 e. The number of amides is 1. The Morgan fingerprint density at radius 2 is 1.78 bits per heavy atom. The highest BCUT2D eigenvalue weighted by atomic mass is 32.2. The standard InChI is InChI=1S/C19H30N2O5S/c1-7-27(23,24)21(14-8-9-15-16(10-14)26-13-25-15)11-17(22)20-19(5,6)12-18(2,3)4/h8-10H,7,11-13H2,1-6H3,(H,20,22). The van der Waals surface area contributed by atoms with Crippen LogP contribution < -0.4 is 19.1 Å². The van der Waals surface area contributed by atoms with Gasteiger partial charge in [0.2, 0.25) is 22.7 Å². The minimum atomic E-state index is -3.64. The van der Waals surface area contributed by atoms with E-state index in [4.69, 9.17) is 9.47 Å². The van der Waals surface area contributed by atoms with E-state index in [2.05, 4.69) is 26.1 Å². The molecule has 1 N–H and O–H groups in total. The fraction of sp³-hybridized carbons (Fsp3) is 0.632. The molecule has 1 amide bonds. The summed E-state index contributed by atoms with van der Waals surface area (Å²) in [5, 5.41) is 2.96. The second kappa shape index (κ2) is 7.58. The number of hydrogen-bond donors (Lipinski definition) is 1. The Bertz CT molecular complexity index is 797. The van der Waals surface area contributed by atoms with Crippen molar-refractivity contribution in [3.8, 4) is 11.5 Å². The summed E-state index contributed by atoms with van der Waals surface area (Å²) in [6.07, 6.45) is 0.760. The van der Waals surface area contributed by atoms with Gasteiger partial charge in [-0.1, -0.05) is 20.8 Å². The Kier molecular flexibility index (Phi) is 5.99. The Morgan fingerprint density at radius 3 is 2.37 bits per heavy atom. The maximum Gasteiger partial charge on any atom is 0.241 e. The number of carbonyl (C=O) groups is 1. The van der Waals surface area contributed by atoms with Crippen molar-refractivity contribution in [1.82, 2.24) is 5.32 Å². The summed E-state index contributed by atoms with van der Waals surface area (Å²) in [5.74, 6) is 0.569. The molecule has 0 spiro atoms. The number of fused-ring (bicyclic) bond motifs is 1. The van der Waals surface area contributed by atoms with Crippen molar-refractivity contribution in [3.05, 3.63) is 18.2 Å². The summed E-state index contributed by atoms with van der Waals surface area (Å²) >= 11 is 0. The van der Waals surface area contributed by atoms with Crippen molar-refractivity contribution < 1.29 is 22.7 Å². The molecule has 8 heteroatoms. The van der Waals surface area contributed by atoms with Gasteiger partial charge in [0, 0.05) is 11.6 Å². The molecule has 1 aliphatic heterocycles. The van der Waals surface area contributed by atoms with Gasteiger partial charge in [-0.3, -0.25) is 9.10 Å². The smallest absolute Gasteiger partial charge is 0.241 e. The van der Waals surface area contributed by atoms with Crippen LogP contribution in [0.5, 0.6) is 11.5 Å². The molecule has 7 nitrogen and oxygen atoms in total. The van der Waals surface area contributed by atoms with Crippen LogP contribution in [0.2, 0.25) is 0 Å². The number of ether oxygens (including phenoxy) is 2. The van der Waals surface area contributed by atoms with Crippen LogP contribution in [-0.2, 0) is 14.8 Å². The van der Waals surface area contributed by atoms with E-state index in [-0.39, 0.29) is 30.4 Å². The van der Waals surface area contributed by atoms with Crippen LogP contribution in [0.25, 0.3) is 0 Å². The molecule has 1 aromatic carbocycles. The fourth-order valence-corrected chi connectivity index (χ4v) is 4.52. The maximum absolute atomic E-state index is 12.7. The topological polar surface area (TPSA) is 84.9 Å². The zero-order valence-electron chi connectivity index (χ0n) is 17.0. The van der Waals surface area contributed by atoms with Crippen LogP contribution in [0.15, 0.2) is 18.2 Å². The number of rotatable bonds is 7. The first-order valence-electron chi connectivity index (χ1n) is 9.04. The summed E-state index contributed by atoms with van der Waals surface area (Å²) < 4.78 is 36.9. The van der Waals surface area contributed by atoms with Crippen LogP contribution in [0.4, 0.5) is 5.69 Å². The van der Waals surface area contributed by atoms with Crippen LogP contribution >= 0.6 is 0 Å². The lowest BCUT2D eigenvalue weighted by molar-refractivity contribution is -0.121. The van der Waals surface area contributed by atoms with Gasteiger partial charge in [0.25, 0.3) is 0 Å². The van der Waals surface area contributed by atoms with E-state index >= 15 is 0 Å². The molecule has 27 heavy (non-hydrogen) atoms. The SMILES string of the molecule is CCS(=O)(=O)N(CC(=O)NC(C)(C)CC(C)(C)C)c1ccc2c(c1)OCO2. The third kappa shape index (κ3) is 5.76. The lowest BCUT2D eigenvalue weighted by Gasteiger charge is -2.34. The second-order valence-electron chi connectivity index (χ2n) is 8.61.